The van der Waals surface area contributed by atoms with Gasteiger partial charge in [0.25, 0.3) is 0 Å². The summed E-state index contributed by atoms with van der Waals surface area (Å²) in [6.45, 7) is 10.8. The third-order valence-electron chi connectivity index (χ3n) is 6.50. The molecule has 1 aromatic carbocycles. The summed E-state index contributed by atoms with van der Waals surface area (Å²) in [5, 5.41) is 10.9. The van der Waals surface area contributed by atoms with Crippen molar-refractivity contribution in [1.82, 2.24) is 0 Å². The summed E-state index contributed by atoms with van der Waals surface area (Å²) in [4.78, 5) is 13.0. The summed E-state index contributed by atoms with van der Waals surface area (Å²) >= 11 is 0. The monoisotopic (exact) mass is 330 g/mol. The molecule has 1 fully saturated rings. The van der Waals surface area contributed by atoms with Crippen LogP contribution in [0.4, 0.5) is 0 Å². The molecule has 0 bridgehead atoms. The first-order chi connectivity index (χ1) is 11.1. The summed E-state index contributed by atoms with van der Waals surface area (Å²) in [6, 6.07) is 4.04. The SMILES string of the molecule is COc1cc2c(cc1C(C)C)C(=O)C(O)C1C(C)(C)CCCC21C. The van der Waals surface area contributed by atoms with Crippen LogP contribution in [0.25, 0.3) is 0 Å². The largest absolute Gasteiger partial charge is 0.496 e. The van der Waals surface area contributed by atoms with Gasteiger partial charge in [0.15, 0.2) is 5.78 Å². The minimum atomic E-state index is -0.911. The van der Waals surface area contributed by atoms with Crippen LogP contribution >= 0.6 is 0 Å². The van der Waals surface area contributed by atoms with Crippen LogP contribution in [0.2, 0.25) is 0 Å². The average molecular weight is 330 g/mol. The number of hydrogen-bond acceptors (Lipinski definition) is 3. The summed E-state index contributed by atoms with van der Waals surface area (Å²) in [7, 11) is 1.69. The van der Waals surface area contributed by atoms with Crippen LogP contribution in [0.15, 0.2) is 12.1 Å². The standard InChI is InChI=1S/C21H30O3/c1-12(2)13-10-14-15(11-16(13)24-6)21(5)9-7-8-20(3,4)19(21)18(23)17(14)22/h10-12,18-19,23H,7-9H2,1-6H3. The molecule has 1 saturated carbocycles. The molecule has 3 heteroatoms. The highest BCUT2D eigenvalue weighted by Gasteiger charge is 2.56. The molecule has 132 valence electrons. The van der Waals surface area contributed by atoms with E-state index in [1.165, 1.54) is 0 Å². The number of aliphatic hydroxyl groups excluding tert-OH is 1. The molecular formula is C21H30O3. The fourth-order valence-electron chi connectivity index (χ4n) is 5.37. The predicted octanol–water partition coefficient (Wildman–Crippen LogP) is 4.46. The molecule has 2 aliphatic rings. The van der Waals surface area contributed by atoms with E-state index in [-0.39, 0.29) is 28.4 Å². The lowest BCUT2D eigenvalue weighted by Crippen LogP contribution is -2.56. The summed E-state index contributed by atoms with van der Waals surface area (Å²) < 4.78 is 5.64. The lowest BCUT2D eigenvalue weighted by atomic mass is 9.49. The average Bonchev–Trinajstić information content (AvgIpc) is 2.50. The number of hydrogen-bond donors (Lipinski definition) is 1. The quantitative estimate of drug-likeness (QED) is 0.871. The first-order valence-electron chi connectivity index (χ1n) is 9.08. The van der Waals surface area contributed by atoms with Crippen molar-refractivity contribution in [3.63, 3.8) is 0 Å². The van der Waals surface area contributed by atoms with Crippen molar-refractivity contribution in [2.24, 2.45) is 11.3 Å². The maximum absolute atomic E-state index is 13.0. The van der Waals surface area contributed by atoms with Gasteiger partial charge in [-0.3, -0.25) is 4.79 Å². The van der Waals surface area contributed by atoms with Gasteiger partial charge in [0, 0.05) is 11.5 Å². The number of ketones is 1. The Balaban J connectivity index is 2.27. The molecular weight excluding hydrogens is 300 g/mol. The predicted molar refractivity (Wildman–Crippen MR) is 95.9 cm³/mol. The van der Waals surface area contributed by atoms with Crippen molar-refractivity contribution in [1.29, 1.82) is 0 Å². The number of ether oxygens (including phenoxy) is 1. The van der Waals surface area contributed by atoms with E-state index in [0.717, 1.165) is 36.1 Å². The van der Waals surface area contributed by atoms with E-state index < -0.39 is 6.10 Å². The third-order valence-corrected chi connectivity index (χ3v) is 6.50. The van der Waals surface area contributed by atoms with Gasteiger partial charge in [0.05, 0.1) is 7.11 Å². The van der Waals surface area contributed by atoms with Crippen LogP contribution in [0.3, 0.4) is 0 Å². The lowest BCUT2D eigenvalue weighted by molar-refractivity contribution is -0.0389. The Morgan fingerprint density at radius 3 is 2.46 bits per heavy atom. The molecule has 0 radical (unpaired) electrons. The summed E-state index contributed by atoms with van der Waals surface area (Å²) in [5.41, 5.74) is 2.56. The van der Waals surface area contributed by atoms with Gasteiger partial charge in [0.1, 0.15) is 11.9 Å². The maximum atomic E-state index is 13.0. The Bertz CT molecular complexity index is 674. The van der Waals surface area contributed by atoms with Gasteiger partial charge in [-0.25, -0.2) is 0 Å². The number of rotatable bonds is 2. The molecule has 0 aliphatic heterocycles. The fraction of sp³-hybridized carbons (Fsp3) is 0.667. The van der Waals surface area contributed by atoms with Crippen LogP contribution < -0.4 is 4.74 Å². The molecule has 0 amide bonds. The van der Waals surface area contributed by atoms with E-state index in [1.807, 2.05) is 6.07 Å². The second-order valence-corrected chi connectivity index (χ2v) is 8.84. The number of fused-ring (bicyclic) bond motifs is 3. The molecule has 24 heavy (non-hydrogen) atoms. The van der Waals surface area contributed by atoms with Crippen molar-refractivity contribution in [3.8, 4) is 5.75 Å². The minimum absolute atomic E-state index is 0.0478. The second kappa shape index (κ2) is 5.59. The van der Waals surface area contributed by atoms with Gasteiger partial charge in [-0.15, -0.1) is 0 Å². The Morgan fingerprint density at radius 1 is 1.21 bits per heavy atom. The number of methoxy groups -OCH3 is 1. The molecule has 3 unspecified atom stereocenters. The summed E-state index contributed by atoms with van der Waals surface area (Å²) in [6.07, 6.45) is 2.26. The van der Waals surface area contributed by atoms with Crippen molar-refractivity contribution in [2.75, 3.05) is 7.11 Å². The zero-order chi connectivity index (χ0) is 17.9. The smallest absolute Gasteiger partial charge is 0.191 e. The number of carbonyl (C=O) groups is 1. The molecule has 3 nitrogen and oxygen atoms in total. The molecule has 3 atom stereocenters. The van der Waals surface area contributed by atoms with E-state index in [0.29, 0.717) is 5.56 Å². The van der Waals surface area contributed by atoms with Gasteiger partial charge in [-0.1, -0.05) is 41.0 Å². The van der Waals surface area contributed by atoms with E-state index >= 15 is 0 Å². The summed E-state index contributed by atoms with van der Waals surface area (Å²) in [5.74, 6) is 0.958. The number of carbonyl (C=O) groups excluding carboxylic acids is 1. The first kappa shape index (κ1) is 17.5. The topological polar surface area (TPSA) is 46.5 Å². The van der Waals surface area contributed by atoms with Crippen molar-refractivity contribution in [2.45, 2.75) is 71.3 Å². The molecule has 0 spiro atoms. The molecule has 0 saturated heterocycles. The molecule has 0 aromatic heterocycles. The van der Waals surface area contributed by atoms with E-state index in [1.54, 1.807) is 7.11 Å². The van der Waals surface area contributed by atoms with Gasteiger partial charge in [-0.2, -0.15) is 0 Å². The Morgan fingerprint density at radius 2 is 1.88 bits per heavy atom. The van der Waals surface area contributed by atoms with Crippen LogP contribution in [0, 0.1) is 11.3 Å². The van der Waals surface area contributed by atoms with Crippen LogP contribution in [-0.4, -0.2) is 24.1 Å². The van der Waals surface area contributed by atoms with Crippen molar-refractivity contribution >= 4 is 5.78 Å². The fourth-order valence-corrected chi connectivity index (χ4v) is 5.37. The Kier molecular flexibility index (Phi) is 4.07. The number of aliphatic hydroxyl groups is 1. The lowest BCUT2D eigenvalue weighted by Gasteiger charge is -2.55. The van der Waals surface area contributed by atoms with Gasteiger partial charge in [0.2, 0.25) is 0 Å². The van der Waals surface area contributed by atoms with Gasteiger partial charge in [-0.05, 0) is 52.8 Å². The van der Waals surface area contributed by atoms with Crippen molar-refractivity contribution < 1.29 is 14.6 Å². The molecule has 1 aromatic rings. The minimum Gasteiger partial charge on any atom is -0.496 e. The van der Waals surface area contributed by atoms with Crippen LogP contribution in [-0.2, 0) is 5.41 Å². The highest BCUT2D eigenvalue weighted by molar-refractivity contribution is 6.03. The van der Waals surface area contributed by atoms with E-state index in [2.05, 4.69) is 40.7 Å². The van der Waals surface area contributed by atoms with Crippen LogP contribution in [0.5, 0.6) is 5.75 Å². The maximum Gasteiger partial charge on any atom is 0.191 e. The Hall–Kier alpha value is -1.35. The third kappa shape index (κ3) is 2.32. The van der Waals surface area contributed by atoms with Crippen LogP contribution in [0.1, 0.15) is 81.3 Å². The first-order valence-corrected chi connectivity index (χ1v) is 9.08. The molecule has 3 rings (SSSR count). The zero-order valence-corrected chi connectivity index (χ0v) is 15.8. The van der Waals surface area contributed by atoms with Gasteiger partial charge < -0.3 is 9.84 Å². The zero-order valence-electron chi connectivity index (χ0n) is 15.8. The molecule has 1 N–H and O–H groups in total. The van der Waals surface area contributed by atoms with Crippen molar-refractivity contribution in [3.05, 3.63) is 28.8 Å². The van der Waals surface area contributed by atoms with E-state index in [9.17, 15) is 9.90 Å². The highest BCUT2D eigenvalue weighted by atomic mass is 16.5. The second-order valence-electron chi connectivity index (χ2n) is 8.84. The highest BCUT2D eigenvalue weighted by Crippen LogP contribution is 2.57. The number of Topliss-reactive ketones (excluding diaryl/α,β-unsaturated/α-hetero) is 1. The Labute approximate surface area is 145 Å². The normalized spacial score (nSPS) is 31.6. The molecule has 2 aliphatic carbocycles. The molecule has 0 heterocycles. The number of benzene rings is 1. The van der Waals surface area contributed by atoms with Gasteiger partial charge >= 0.3 is 0 Å². The van der Waals surface area contributed by atoms with E-state index in [4.69, 9.17) is 4.74 Å².